The van der Waals surface area contributed by atoms with E-state index in [4.69, 9.17) is 31.4 Å². The summed E-state index contributed by atoms with van der Waals surface area (Å²) in [5, 5.41) is 17.3. The van der Waals surface area contributed by atoms with E-state index in [2.05, 4.69) is 35.6 Å². The van der Waals surface area contributed by atoms with Crippen molar-refractivity contribution in [2.45, 2.75) is 77.3 Å². The van der Waals surface area contributed by atoms with Gasteiger partial charge in [0, 0.05) is 43.4 Å². The van der Waals surface area contributed by atoms with Crippen molar-refractivity contribution in [2.24, 2.45) is 5.92 Å². The average molecular weight is 643 g/mol. The van der Waals surface area contributed by atoms with Crippen LogP contribution in [0.3, 0.4) is 0 Å². The molecule has 1 aliphatic carbocycles. The summed E-state index contributed by atoms with van der Waals surface area (Å²) in [5.41, 5.74) is 3.28. The Balaban J connectivity index is 0.00000133. The number of hydrogen-bond acceptors (Lipinski definition) is 8. The molecule has 3 unspecified atom stereocenters. The zero-order valence-corrected chi connectivity index (χ0v) is 27.9. The molecule has 2 saturated heterocycles. The van der Waals surface area contributed by atoms with Crippen LogP contribution >= 0.6 is 11.6 Å². The molecular formula is C34H48ClFN6O3. The SMILES string of the molecule is C=C(F)C(=O)N1CCN(c2nc(OCC3CCCN3C)nc3c2CCC(CCc2ccccc2Cl)C3)CC1CC#N.CC.CO. The second-order valence-electron chi connectivity index (χ2n) is 11.4. The molecule has 246 valence electrons. The number of nitrogens with zero attached hydrogens (tertiary/aromatic N) is 6. The Morgan fingerprint density at radius 3 is 2.60 bits per heavy atom. The standard InChI is InChI=1S/C31H38ClFN6O2.C2H6.CH4O/c1-21(33)30(40)39-17-16-38(19-24(39)13-14-34)29-26-12-10-22(9-11-23-6-3-4-8-27(23)32)18-28(26)35-31(36-29)41-20-25-7-5-15-37(25)2;2*1-2/h3-4,6,8,22,24-25H,1,5,7,9-13,15-20H2,2H3;1-2H3;2H,1H3. The zero-order valence-electron chi connectivity index (χ0n) is 27.1. The van der Waals surface area contributed by atoms with Crippen LogP contribution < -0.4 is 9.64 Å². The second-order valence-corrected chi connectivity index (χ2v) is 11.9. The minimum atomic E-state index is -1.00. The van der Waals surface area contributed by atoms with Crippen molar-refractivity contribution in [1.82, 2.24) is 19.8 Å². The summed E-state index contributed by atoms with van der Waals surface area (Å²) in [5.74, 6) is -0.480. The quantitative estimate of drug-likeness (QED) is 0.363. The number of carbonyl (C=O) groups is 1. The Bertz CT molecular complexity index is 1320. The van der Waals surface area contributed by atoms with E-state index in [1.165, 1.54) is 10.5 Å². The Kier molecular flexibility index (Phi) is 14.5. The number of aryl methyl sites for hydroxylation is 1. The molecule has 1 N–H and O–H groups in total. The number of anilines is 1. The molecule has 9 nitrogen and oxygen atoms in total. The number of likely N-dealkylation sites (N-methyl/N-ethyl adjacent to an activating group) is 1. The normalized spacial score (nSPS) is 21.0. The maximum absolute atomic E-state index is 13.7. The van der Waals surface area contributed by atoms with Crippen molar-refractivity contribution in [3.8, 4) is 12.1 Å². The van der Waals surface area contributed by atoms with Gasteiger partial charge in [-0.25, -0.2) is 4.39 Å². The maximum atomic E-state index is 13.7. The van der Waals surface area contributed by atoms with Gasteiger partial charge in [0.2, 0.25) is 0 Å². The van der Waals surface area contributed by atoms with Gasteiger partial charge < -0.3 is 24.5 Å². The third-order valence-corrected chi connectivity index (χ3v) is 9.16. The summed E-state index contributed by atoms with van der Waals surface area (Å²) in [7, 11) is 3.12. The molecular weight excluding hydrogens is 595 g/mol. The van der Waals surface area contributed by atoms with Gasteiger partial charge in [0.15, 0.2) is 5.83 Å². The molecule has 1 aromatic heterocycles. The van der Waals surface area contributed by atoms with E-state index in [1.807, 2.05) is 32.0 Å². The van der Waals surface area contributed by atoms with Crippen molar-refractivity contribution >= 4 is 23.3 Å². The van der Waals surface area contributed by atoms with Crippen LogP contribution in [0.4, 0.5) is 10.2 Å². The molecule has 2 aliphatic heterocycles. The summed E-state index contributed by atoms with van der Waals surface area (Å²) in [6.45, 7) is 9.92. The Hall–Kier alpha value is -3.26. The van der Waals surface area contributed by atoms with E-state index in [9.17, 15) is 14.4 Å². The molecule has 1 amide bonds. The third kappa shape index (κ3) is 9.38. The first-order valence-electron chi connectivity index (χ1n) is 16.0. The topological polar surface area (TPSA) is 106 Å². The average Bonchev–Trinajstić information content (AvgIpc) is 3.48. The largest absolute Gasteiger partial charge is 0.462 e. The second kappa shape index (κ2) is 18.0. The lowest BCUT2D eigenvalue weighted by molar-refractivity contribution is -0.131. The predicted molar refractivity (Wildman–Crippen MR) is 176 cm³/mol. The summed E-state index contributed by atoms with van der Waals surface area (Å²) in [6.07, 6.45) is 6.97. The van der Waals surface area contributed by atoms with Crippen LogP contribution in [-0.4, -0.2) is 89.8 Å². The lowest BCUT2D eigenvalue weighted by atomic mass is 9.83. The molecule has 1 aromatic carbocycles. The van der Waals surface area contributed by atoms with E-state index >= 15 is 0 Å². The van der Waals surface area contributed by atoms with Gasteiger partial charge in [0.05, 0.1) is 24.2 Å². The molecule has 3 aliphatic rings. The molecule has 5 rings (SSSR count). The maximum Gasteiger partial charge on any atom is 0.318 e. The molecule has 3 atom stereocenters. The number of halogens is 2. The van der Waals surface area contributed by atoms with E-state index in [1.54, 1.807) is 0 Å². The number of hydrogen-bond donors (Lipinski definition) is 1. The number of fused-ring (bicyclic) bond motifs is 1. The van der Waals surface area contributed by atoms with Crippen molar-refractivity contribution in [3.05, 3.63) is 58.5 Å². The lowest BCUT2D eigenvalue weighted by Gasteiger charge is -2.42. The predicted octanol–water partition coefficient (Wildman–Crippen LogP) is 5.39. The molecule has 2 fully saturated rings. The Morgan fingerprint density at radius 2 is 1.93 bits per heavy atom. The van der Waals surface area contributed by atoms with Gasteiger partial charge in [-0.15, -0.1) is 0 Å². The van der Waals surface area contributed by atoms with E-state index in [0.29, 0.717) is 37.7 Å². The van der Waals surface area contributed by atoms with Gasteiger partial charge in [-0.2, -0.15) is 15.2 Å². The first-order valence-corrected chi connectivity index (χ1v) is 16.4. The highest BCUT2D eigenvalue weighted by Gasteiger charge is 2.35. The summed E-state index contributed by atoms with van der Waals surface area (Å²) in [4.78, 5) is 28.1. The molecule has 3 heterocycles. The van der Waals surface area contributed by atoms with Crippen molar-refractivity contribution in [1.29, 1.82) is 5.26 Å². The van der Waals surface area contributed by atoms with Gasteiger partial charge in [0.1, 0.15) is 12.4 Å². The Morgan fingerprint density at radius 1 is 1.18 bits per heavy atom. The van der Waals surface area contributed by atoms with Gasteiger partial charge in [-0.1, -0.05) is 50.2 Å². The molecule has 2 aromatic rings. The van der Waals surface area contributed by atoms with Crippen LogP contribution in [-0.2, 0) is 24.1 Å². The molecule has 0 saturated carbocycles. The highest BCUT2D eigenvalue weighted by atomic mass is 35.5. The van der Waals surface area contributed by atoms with E-state index in [-0.39, 0.29) is 13.0 Å². The van der Waals surface area contributed by atoms with E-state index in [0.717, 1.165) is 80.7 Å². The Labute approximate surface area is 272 Å². The summed E-state index contributed by atoms with van der Waals surface area (Å²) in [6, 6.07) is 10.4. The van der Waals surface area contributed by atoms with Crippen LogP contribution in [0.1, 0.15) is 62.8 Å². The number of carbonyl (C=O) groups excluding carboxylic acids is 1. The number of aromatic nitrogens is 2. The number of aliphatic hydroxyl groups is 1. The summed E-state index contributed by atoms with van der Waals surface area (Å²) >= 11 is 6.41. The first kappa shape index (κ1) is 36.2. The van der Waals surface area contributed by atoms with Crippen LogP contribution in [0, 0.1) is 17.2 Å². The number of nitriles is 1. The molecule has 0 spiro atoms. The number of aliphatic hydroxyl groups excluding tert-OH is 1. The van der Waals surface area contributed by atoms with Crippen molar-refractivity contribution < 1.29 is 19.0 Å². The third-order valence-electron chi connectivity index (χ3n) is 8.79. The van der Waals surface area contributed by atoms with Crippen LogP contribution in [0.15, 0.2) is 36.7 Å². The zero-order chi connectivity index (χ0) is 32.9. The molecule has 11 heteroatoms. The lowest BCUT2D eigenvalue weighted by Crippen LogP contribution is -2.55. The number of likely N-dealkylation sites (tertiary alicyclic amines) is 1. The fraction of sp³-hybridized carbons (Fsp3) is 0.588. The van der Waals surface area contributed by atoms with Crippen LogP contribution in [0.5, 0.6) is 6.01 Å². The van der Waals surface area contributed by atoms with Gasteiger partial charge in [-0.05, 0) is 76.1 Å². The molecule has 0 radical (unpaired) electrons. The number of piperazine rings is 1. The monoisotopic (exact) mass is 642 g/mol. The minimum absolute atomic E-state index is 0.101. The van der Waals surface area contributed by atoms with Crippen molar-refractivity contribution in [3.63, 3.8) is 0 Å². The number of rotatable bonds is 9. The minimum Gasteiger partial charge on any atom is -0.462 e. The summed E-state index contributed by atoms with van der Waals surface area (Å²) < 4.78 is 19.9. The molecule has 45 heavy (non-hydrogen) atoms. The number of benzene rings is 1. The fourth-order valence-corrected chi connectivity index (χ4v) is 6.62. The highest BCUT2D eigenvalue weighted by Crippen LogP contribution is 2.35. The molecule has 0 bridgehead atoms. The highest BCUT2D eigenvalue weighted by molar-refractivity contribution is 6.31. The van der Waals surface area contributed by atoms with Gasteiger partial charge in [0.25, 0.3) is 5.91 Å². The fourth-order valence-electron chi connectivity index (χ4n) is 6.39. The smallest absolute Gasteiger partial charge is 0.318 e. The van der Waals surface area contributed by atoms with Gasteiger partial charge >= 0.3 is 6.01 Å². The first-order chi connectivity index (χ1) is 21.8. The number of amides is 1. The van der Waals surface area contributed by atoms with Crippen LogP contribution in [0.2, 0.25) is 5.02 Å². The van der Waals surface area contributed by atoms with Crippen LogP contribution in [0.25, 0.3) is 0 Å². The van der Waals surface area contributed by atoms with Gasteiger partial charge in [-0.3, -0.25) is 4.79 Å². The van der Waals surface area contributed by atoms with E-state index < -0.39 is 17.8 Å². The van der Waals surface area contributed by atoms with Crippen molar-refractivity contribution in [2.75, 3.05) is 51.8 Å². The number of ether oxygens (including phenoxy) is 1.